The molecule has 0 fully saturated rings. The molecule has 0 radical (unpaired) electrons. The Labute approximate surface area is 101 Å². The maximum absolute atomic E-state index is 4.55. The zero-order valence-corrected chi connectivity index (χ0v) is 11.6. The molecule has 0 aliphatic heterocycles. The highest BCUT2D eigenvalue weighted by molar-refractivity contribution is 5.98. The van der Waals surface area contributed by atoms with E-state index in [1.165, 1.54) is 11.1 Å². The van der Waals surface area contributed by atoms with Gasteiger partial charge in [-0.05, 0) is 39.2 Å². The molecule has 16 heavy (non-hydrogen) atoms. The second kappa shape index (κ2) is 7.21. The minimum absolute atomic E-state index is 0.500. The van der Waals surface area contributed by atoms with Gasteiger partial charge >= 0.3 is 0 Å². The topological polar surface area (TPSA) is 12.4 Å². The SMILES string of the molecule is C=C(/C=C(C)/C(C)=N\C/C(C)=C/C)C(C)C. The number of hydrogen-bond acceptors (Lipinski definition) is 1. The predicted octanol–water partition coefficient (Wildman–Crippen LogP) is 4.57. The van der Waals surface area contributed by atoms with Crippen LogP contribution >= 0.6 is 0 Å². The van der Waals surface area contributed by atoms with Crippen LogP contribution in [0.1, 0.15) is 41.5 Å². The molecule has 0 aliphatic rings. The van der Waals surface area contributed by atoms with Gasteiger partial charge in [-0.1, -0.05) is 43.7 Å². The van der Waals surface area contributed by atoms with Crippen molar-refractivity contribution in [3.8, 4) is 0 Å². The second-order valence-corrected chi connectivity index (χ2v) is 4.59. The van der Waals surface area contributed by atoms with Crippen molar-refractivity contribution >= 4 is 5.71 Å². The van der Waals surface area contributed by atoms with Crippen LogP contribution in [-0.4, -0.2) is 12.3 Å². The summed E-state index contributed by atoms with van der Waals surface area (Å²) in [5.41, 5.74) is 4.77. The van der Waals surface area contributed by atoms with E-state index >= 15 is 0 Å². The first-order valence-corrected chi connectivity index (χ1v) is 5.88. The third-order valence-electron chi connectivity index (χ3n) is 2.77. The number of aliphatic imine (C=N–C) groups is 1. The summed E-state index contributed by atoms with van der Waals surface area (Å²) in [6, 6.07) is 0. The monoisotopic (exact) mass is 219 g/mol. The molecule has 90 valence electrons. The van der Waals surface area contributed by atoms with E-state index in [9.17, 15) is 0 Å². The molecule has 0 aliphatic carbocycles. The van der Waals surface area contributed by atoms with E-state index in [1.807, 2.05) is 6.92 Å². The number of nitrogens with zero attached hydrogens (tertiary/aromatic N) is 1. The average Bonchev–Trinajstić information content (AvgIpc) is 2.24. The predicted molar refractivity (Wildman–Crippen MR) is 75.1 cm³/mol. The lowest BCUT2D eigenvalue weighted by Crippen LogP contribution is -1.98. The first-order chi connectivity index (χ1) is 7.38. The van der Waals surface area contributed by atoms with Crippen molar-refractivity contribution < 1.29 is 0 Å². The minimum atomic E-state index is 0.500. The van der Waals surface area contributed by atoms with E-state index in [-0.39, 0.29) is 0 Å². The molecule has 0 bridgehead atoms. The summed E-state index contributed by atoms with van der Waals surface area (Å²) in [6.07, 6.45) is 4.23. The lowest BCUT2D eigenvalue weighted by atomic mass is 10.0. The fourth-order valence-corrected chi connectivity index (χ4v) is 1.01. The lowest BCUT2D eigenvalue weighted by molar-refractivity contribution is 0.794. The molecule has 0 atom stereocenters. The van der Waals surface area contributed by atoms with E-state index < -0.39 is 0 Å². The molecule has 0 rings (SSSR count). The summed E-state index contributed by atoms with van der Waals surface area (Å²) in [5, 5.41) is 0. The highest BCUT2D eigenvalue weighted by atomic mass is 14.7. The quantitative estimate of drug-likeness (QED) is 0.365. The van der Waals surface area contributed by atoms with Crippen LogP contribution < -0.4 is 0 Å². The molecule has 0 aromatic heterocycles. The van der Waals surface area contributed by atoms with Crippen LogP contribution in [0.15, 0.2) is 40.4 Å². The molecule has 0 amide bonds. The third kappa shape index (κ3) is 5.69. The normalized spacial score (nSPS) is 14.6. The Bertz CT molecular complexity index is 327. The van der Waals surface area contributed by atoms with E-state index in [2.05, 4.69) is 58.3 Å². The van der Waals surface area contributed by atoms with Crippen molar-refractivity contribution in [1.82, 2.24) is 0 Å². The van der Waals surface area contributed by atoms with Gasteiger partial charge < -0.3 is 0 Å². The Morgan fingerprint density at radius 2 is 1.81 bits per heavy atom. The molecule has 0 aromatic carbocycles. The maximum Gasteiger partial charge on any atom is 0.0600 e. The molecular formula is C15H25N. The van der Waals surface area contributed by atoms with Gasteiger partial charge in [0.15, 0.2) is 0 Å². The molecule has 0 spiro atoms. The molecular weight excluding hydrogens is 194 g/mol. The van der Waals surface area contributed by atoms with E-state index in [0.29, 0.717) is 5.92 Å². The van der Waals surface area contributed by atoms with Crippen LogP contribution in [0.4, 0.5) is 0 Å². The molecule has 0 unspecified atom stereocenters. The Hall–Kier alpha value is -1.11. The van der Waals surface area contributed by atoms with Gasteiger partial charge in [-0.25, -0.2) is 0 Å². The smallest absolute Gasteiger partial charge is 0.0600 e. The molecule has 0 saturated heterocycles. The Morgan fingerprint density at radius 3 is 2.25 bits per heavy atom. The van der Waals surface area contributed by atoms with Crippen LogP contribution in [0.5, 0.6) is 0 Å². The van der Waals surface area contributed by atoms with Crippen molar-refractivity contribution in [2.45, 2.75) is 41.5 Å². The zero-order valence-electron chi connectivity index (χ0n) is 11.6. The van der Waals surface area contributed by atoms with E-state index in [1.54, 1.807) is 0 Å². The molecule has 0 aromatic rings. The van der Waals surface area contributed by atoms with Crippen molar-refractivity contribution in [2.75, 3.05) is 6.54 Å². The molecule has 1 heteroatoms. The molecule has 0 heterocycles. The fourth-order valence-electron chi connectivity index (χ4n) is 1.01. The van der Waals surface area contributed by atoms with Crippen molar-refractivity contribution in [1.29, 1.82) is 0 Å². The highest BCUT2D eigenvalue weighted by Crippen LogP contribution is 2.11. The van der Waals surface area contributed by atoms with Crippen LogP contribution in [0, 0.1) is 5.92 Å². The lowest BCUT2D eigenvalue weighted by Gasteiger charge is -2.07. The fraction of sp³-hybridized carbons (Fsp3) is 0.533. The van der Waals surface area contributed by atoms with Gasteiger partial charge in [0.1, 0.15) is 0 Å². The Balaban J connectivity index is 4.60. The third-order valence-corrected chi connectivity index (χ3v) is 2.77. The summed E-state index contributed by atoms with van der Waals surface area (Å²) in [7, 11) is 0. The molecule has 1 nitrogen and oxygen atoms in total. The van der Waals surface area contributed by atoms with Gasteiger partial charge in [0, 0.05) is 5.71 Å². The van der Waals surface area contributed by atoms with Gasteiger partial charge in [-0.15, -0.1) is 0 Å². The van der Waals surface area contributed by atoms with E-state index in [0.717, 1.165) is 17.8 Å². The van der Waals surface area contributed by atoms with Crippen LogP contribution in [0.2, 0.25) is 0 Å². The standard InChI is InChI=1S/C15H25N/c1-8-12(4)10-16-15(7)14(6)9-13(5)11(2)3/h8-9,11H,5,10H2,1-4,6-7H3/b12-8+,14-9+,16-15-. The first kappa shape index (κ1) is 14.9. The van der Waals surface area contributed by atoms with Crippen LogP contribution in [0.25, 0.3) is 0 Å². The van der Waals surface area contributed by atoms with E-state index in [4.69, 9.17) is 0 Å². The summed E-state index contributed by atoms with van der Waals surface area (Å²) < 4.78 is 0. The summed E-state index contributed by atoms with van der Waals surface area (Å²) in [5.74, 6) is 0.500. The Morgan fingerprint density at radius 1 is 1.25 bits per heavy atom. The van der Waals surface area contributed by atoms with Crippen molar-refractivity contribution in [3.63, 3.8) is 0 Å². The average molecular weight is 219 g/mol. The number of allylic oxidation sites excluding steroid dienone is 4. The van der Waals surface area contributed by atoms with Gasteiger partial charge in [-0.3, -0.25) is 4.99 Å². The molecule has 0 saturated carbocycles. The van der Waals surface area contributed by atoms with Crippen molar-refractivity contribution in [3.05, 3.63) is 35.5 Å². The maximum atomic E-state index is 4.55. The molecule has 0 N–H and O–H groups in total. The second-order valence-electron chi connectivity index (χ2n) is 4.59. The first-order valence-electron chi connectivity index (χ1n) is 5.88. The number of rotatable bonds is 5. The number of hydrogen-bond donors (Lipinski definition) is 0. The summed E-state index contributed by atoms with van der Waals surface area (Å²) >= 11 is 0. The summed E-state index contributed by atoms with van der Waals surface area (Å²) in [4.78, 5) is 4.55. The highest BCUT2D eigenvalue weighted by Gasteiger charge is 1.99. The van der Waals surface area contributed by atoms with Crippen molar-refractivity contribution in [2.24, 2.45) is 10.9 Å². The zero-order chi connectivity index (χ0) is 12.7. The van der Waals surface area contributed by atoms with Crippen LogP contribution in [0.3, 0.4) is 0 Å². The van der Waals surface area contributed by atoms with Crippen LogP contribution in [-0.2, 0) is 0 Å². The Kier molecular flexibility index (Phi) is 6.71. The van der Waals surface area contributed by atoms with Gasteiger partial charge in [0.25, 0.3) is 0 Å². The van der Waals surface area contributed by atoms with Gasteiger partial charge in [0.2, 0.25) is 0 Å². The van der Waals surface area contributed by atoms with Gasteiger partial charge in [-0.2, -0.15) is 0 Å². The van der Waals surface area contributed by atoms with Gasteiger partial charge in [0.05, 0.1) is 6.54 Å². The largest absolute Gasteiger partial charge is 0.285 e. The summed E-state index contributed by atoms with van der Waals surface area (Å²) in [6.45, 7) is 17.4. The minimum Gasteiger partial charge on any atom is -0.285 e.